The molecule has 0 aromatic heterocycles. The molecule has 0 bridgehead atoms. The lowest BCUT2D eigenvalue weighted by molar-refractivity contribution is -0.917. The lowest BCUT2D eigenvalue weighted by Crippen LogP contribution is -3.13. The second kappa shape index (κ2) is 8.91. The largest absolute Gasteiger partial charge is 0.341 e. The molecule has 0 radical (unpaired) electrons. The van der Waals surface area contributed by atoms with Gasteiger partial charge in [-0.1, -0.05) is 42.5 Å². The van der Waals surface area contributed by atoms with Gasteiger partial charge < -0.3 is 10.2 Å². The third-order valence-electron chi connectivity index (χ3n) is 5.00. The molecule has 4 nitrogen and oxygen atoms in total. The topological polar surface area (TPSA) is 50.6 Å². The molecule has 0 aliphatic heterocycles. The van der Waals surface area contributed by atoms with E-state index in [0.717, 1.165) is 24.0 Å². The quantitative estimate of drug-likeness (QED) is 0.707. The number of hydrogen-bond donors (Lipinski definition) is 2. The molecular weight excluding hydrogens is 343 g/mol. The predicted molar refractivity (Wildman–Crippen MR) is 102 cm³/mol. The number of benzene rings is 2. The number of ketones is 1. The first-order valence-electron chi connectivity index (χ1n) is 9.44. The normalized spacial score (nSPS) is 15.8. The van der Waals surface area contributed by atoms with Crippen LogP contribution in [0.15, 0.2) is 54.6 Å². The van der Waals surface area contributed by atoms with Gasteiger partial charge in [0.15, 0.2) is 12.3 Å². The van der Waals surface area contributed by atoms with E-state index in [1.165, 1.54) is 24.0 Å². The Balaban J connectivity index is 1.59. The van der Waals surface area contributed by atoms with Crippen LogP contribution in [0.25, 0.3) is 0 Å². The number of Topliss-reactive ketones (excluding diaryl/α,β-unsaturated/α-hetero) is 1. The van der Waals surface area contributed by atoms with Crippen LogP contribution in [0.4, 0.5) is 4.39 Å². The SMILES string of the molecule is CC(=O)[C@H](Cc1ccccc1)NC(=O)C[NH+](Cc1ccc(F)cc1)C1CC1. The van der Waals surface area contributed by atoms with E-state index in [9.17, 15) is 14.0 Å². The average molecular weight is 369 g/mol. The van der Waals surface area contributed by atoms with Gasteiger partial charge in [-0.25, -0.2) is 4.39 Å². The molecule has 1 fully saturated rings. The maximum absolute atomic E-state index is 13.1. The lowest BCUT2D eigenvalue weighted by atomic mass is 10.0. The van der Waals surface area contributed by atoms with Gasteiger partial charge >= 0.3 is 0 Å². The molecule has 1 aliphatic carbocycles. The van der Waals surface area contributed by atoms with Crippen LogP contribution in [-0.4, -0.2) is 30.3 Å². The summed E-state index contributed by atoms with van der Waals surface area (Å²) in [4.78, 5) is 25.7. The fraction of sp³-hybridized carbons (Fsp3) is 0.364. The van der Waals surface area contributed by atoms with E-state index in [2.05, 4.69) is 5.32 Å². The highest BCUT2D eigenvalue weighted by molar-refractivity contribution is 5.88. The molecular formula is C22H26FN2O2+. The maximum Gasteiger partial charge on any atom is 0.275 e. The first-order valence-corrected chi connectivity index (χ1v) is 9.44. The highest BCUT2D eigenvalue weighted by Gasteiger charge is 2.35. The molecule has 2 aromatic carbocycles. The minimum absolute atomic E-state index is 0.0429. The van der Waals surface area contributed by atoms with Crippen LogP contribution in [0.5, 0.6) is 0 Å². The Labute approximate surface area is 159 Å². The highest BCUT2D eigenvalue weighted by atomic mass is 19.1. The van der Waals surface area contributed by atoms with Gasteiger partial charge in [0.25, 0.3) is 5.91 Å². The molecule has 0 saturated heterocycles. The van der Waals surface area contributed by atoms with Crippen LogP contribution in [0.1, 0.15) is 30.9 Å². The number of quaternary nitrogens is 1. The van der Waals surface area contributed by atoms with Crippen molar-refractivity contribution in [3.8, 4) is 0 Å². The third-order valence-corrected chi connectivity index (χ3v) is 5.00. The minimum atomic E-state index is -0.508. The molecule has 27 heavy (non-hydrogen) atoms. The monoisotopic (exact) mass is 369 g/mol. The van der Waals surface area contributed by atoms with Crippen LogP contribution >= 0.6 is 0 Å². The maximum atomic E-state index is 13.1. The molecule has 3 rings (SSSR count). The number of rotatable bonds is 9. The van der Waals surface area contributed by atoms with Crippen molar-refractivity contribution < 1.29 is 18.9 Å². The average Bonchev–Trinajstić information content (AvgIpc) is 3.48. The Morgan fingerprint density at radius 1 is 1.07 bits per heavy atom. The van der Waals surface area contributed by atoms with Gasteiger partial charge in [0.05, 0.1) is 12.1 Å². The molecule has 1 amide bonds. The van der Waals surface area contributed by atoms with Crippen molar-refractivity contribution >= 4 is 11.7 Å². The Hall–Kier alpha value is -2.53. The summed E-state index contributed by atoms with van der Waals surface area (Å²) in [7, 11) is 0. The standard InChI is InChI=1S/C22H25FN2O2/c1-16(26)21(13-17-5-3-2-4-6-17)24-22(27)15-25(20-11-12-20)14-18-7-9-19(23)10-8-18/h2-10,20-21H,11-15H2,1H3,(H,24,27)/p+1/t21-/m0/s1. The summed E-state index contributed by atoms with van der Waals surface area (Å²) < 4.78 is 13.1. The van der Waals surface area contributed by atoms with Crippen molar-refractivity contribution in [1.29, 1.82) is 0 Å². The van der Waals surface area contributed by atoms with Gasteiger partial charge in [0, 0.05) is 18.4 Å². The number of carbonyl (C=O) groups is 2. The number of amides is 1. The van der Waals surface area contributed by atoms with Crippen LogP contribution in [0.3, 0.4) is 0 Å². The van der Waals surface area contributed by atoms with Crippen molar-refractivity contribution in [3.63, 3.8) is 0 Å². The van der Waals surface area contributed by atoms with Crippen molar-refractivity contribution in [2.24, 2.45) is 0 Å². The zero-order valence-corrected chi connectivity index (χ0v) is 15.6. The Morgan fingerprint density at radius 2 is 1.74 bits per heavy atom. The predicted octanol–water partition coefficient (Wildman–Crippen LogP) is 1.69. The molecule has 1 aliphatic rings. The first kappa shape index (κ1) is 19.2. The fourth-order valence-electron chi connectivity index (χ4n) is 3.30. The second-order valence-electron chi connectivity index (χ2n) is 7.33. The molecule has 1 unspecified atom stereocenters. The van der Waals surface area contributed by atoms with Crippen LogP contribution in [0, 0.1) is 5.82 Å². The molecule has 0 heterocycles. The van der Waals surface area contributed by atoms with Gasteiger partial charge in [-0.2, -0.15) is 0 Å². The summed E-state index contributed by atoms with van der Waals surface area (Å²) in [6, 6.07) is 16.1. The Kier molecular flexibility index (Phi) is 6.35. The van der Waals surface area contributed by atoms with E-state index in [1.54, 1.807) is 12.1 Å². The zero-order chi connectivity index (χ0) is 19.2. The lowest BCUT2D eigenvalue weighted by Gasteiger charge is -2.21. The Morgan fingerprint density at radius 3 is 2.33 bits per heavy atom. The van der Waals surface area contributed by atoms with E-state index in [4.69, 9.17) is 0 Å². The van der Waals surface area contributed by atoms with Gasteiger partial charge in [0.1, 0.15) is 12.4 Å². The summed E-state index contributed by atoms with van der Waals surface area (Å²) in [6.07, 6.45) is 2.70. The molecule has 0 spiro atoms. The van der Waals surface area contributed by atoms with Crippen molar-refractivity contribution in [2.75, 3.05) is 6.54 Å². The Bertz CT molecular complexity index is 773. The van der Waals surface area contributed by atoms with Crippen molar-refractivity contribution in [2.45, 2.75) is 44.8 Å². The van der Waals surface area contributed by atoms with Gasteiger partial charge in [-0.05, 0) is 31.0 Å². The number of halogens is 1. The summed E-state index contributed by atoms with van der Waals surface area (Å²) in [5.41, 5.74) is 2.04. The number of carbonyl (C=O) groups excluding carboxylic acids is 2. The van der Waals surface area contributed by atoms with E-state index < -0.39 is 6.04 Å². The van der Waals surface area contributed by atoms with Gasteiger partial charge in [-0.15, -0.1) is 0 Å². The molecule has 142 valence electrons. The van der Waals surface area contributed by atoms with Gasteiger partial charge in [0.2, 0.25) is 0 Å². The molecule has 1 saturated carbocycles. The summed E-state index contributed by atoms with van der Waals surface area (Å²) in [5.74, 6) is -0.413. The minimum Gasteiger partial charge on any atom is -0.341 e. The fourth-order valence-corrected chi connectivity index (χ4v) is 3.30. The summed E-state index contributed by atoms with van der Waals surface area (Å²) >= 11 is 0. The smallest absolute Gasteiger partial charge is 0.275 e. The molecule has 2 N–H and O–H groups in total. The third kappa shape index (κ3) is 6.00. The first-order chi connectivity index (χ1) is 13.0. The van der Waals surface area contributed by atoms with E-state index in [0.29, 0.717) is 25.6 Å². The van der Waals surface area contributed by atoms with Crippen LogP contribution in [-0.2, 0) is 22.6 Å². The second-order valence-corrected chi connectivity index (χ2v) is 7.33. The summed E-state index contributed by atoms with van der Waals surface area (Å²) in [6.45, 7) is 2.51. The number of nitrogens with one attached hydrogen (secondary N) is 2. The van der Waals surface area contributed by atoms with Crippen molar-refractivity contribution in [3.05, 3.63) is 71.5 Å². The van der Waals surface area contributed by atoms with Crippen LogP contribution in [0.2, 0.25) is 0 Å². The zero-order valence-electron chi connectivity index (χ0n) is 15.6. The van der Waals surface area contributed by atoms with Crippen molar-refractivity contribution in [1.82, 2.24) is 5.32 Å². The molecule has 2 aromatic rings. The molecule has 5 heteroatoms. The molecule has 2 atom stereocenters. The summed E-state index contributed by atoms with van der Waals surface area (Å²) in [5, 5.41) is 2.90. The van der Waals surface area contributed by atoms with E-state index in [-0.39, 0.29) is 17.5 Å². The van der Waals surface area contributed by atoms with E-state index in [1.807, 2.05) is 30.3 Å². The highest BCUT2D eigenvalue weighted by Crippen LogP contribution is 2.16. The van der Waals surface area contributed by atoms with E-state index >= 15 is 0 Å². The van der Waals surface area contributed by atoms with Crippen LogP contribution < -0.4 is 10.2 Å². The number of hydrogen-bond acceptors (Lipinski definition) is 2. The van der Waals surface area contributed by atoms with Gasteiger partial charge in [-0.3, -0.25) is 9.59 Å².